The lowest BCUT2D eigenvalue weighted by Gasteiger charge is -2.09. The number of aryl methyl sites for hydroxylation is 2. The fraction of sp³-hybridized carbons (Fsp3) is 0.308. The van der Waals surface area contributed by atoms with Gasteiger partial charge in [-0.25, -0.2) is 15.8 Å². The van der Waals surface area contributed by atoms with E-state index >= 15 is 0 Å². The second kappa shape index (κ2) is 6.10. The van der Waals surface area contributed by atoms with E-state index in [0.29, 0.717) is 12.4 Å². The molecular formula is C13H18N6. The number of rotatable bonds is 5. The predicted molar refractivity (Wildman–Crippen MR) is 75.5 cm³/mol. The van der Waals surface area contributed by atoms with Crippen LogP contribution in [0.3, 0.4) is 0 Å². The van der Waals surface area contributed by atoms with Gasteiger partial charge in [0, 0.05) is 18.7 Å². The van der Waals surface area contributed by atoms with Gasteiger partial charge < -0.3 is 10.7 Å². The van der Waals surface area contributed by atoms with Crippen LogP contribution in [0.2, 0.25) is 0 Å². The zero-order valence-electron chi connectivity index (χ0n) is 11.1. The molecule has 0 radical (unpaired) electrons. The Hall–Kier alpha value is -2.21. The van der Waals surface area contributed by atoms with Crippen LogP contribution in [0.25, 0.3) is 0 Å². The highest BCUT2D eigenvalue weighted by atomic mass is 15.3. The van der Waals surface area contributed by atoms with Gasteiger partial charge in [0.2, 0.25) is 0 Å². The van der Waals surface area contributed by atoms with Crippen LogP contribution in [0.4, 0.5) is 11.6 Å². The maximum Gasteiger partial charge on any atom is 0.145 e. The third-order valence-corrected chi connectivity index (χ3v) is 2.79. The lowest BCUT2D eigenvalue weighted by molar-refractivity contribution is 0.924. The van der Waals surface area contributed by atoms with Gasteiger partial charge in [-0.3, -0.25) is 4.98 Å². The second-order valence-electron chi connectivity index (χ2n) is 4.17. The van der Waals surface area contributed by atoms with E-state index in [0.717, 1.165) is 29.3 Å². The zero-order valence-corrected chi connectivity index (χ0v) is 11.1. The van der Waals surface area contributed by atoms with Crippen molar-refractivity contribution in [3.05, 3.63) is 41.5 Å². The number of nitrogen functional groups attached to an aromatic ring is 1. The van der Waals surface area contributed by atoms with Gasteiger partial charge in [-0.1, -0.05) is 13.0 Å². The van der Waals surface area contributed by atoms with Crippen molar-refractivity contribution in [3.8, 4) is 0 Å². The topological polar surface area (TPSA) is 88.8 Å². The third-order valence-electron chi connectivity index (χ3n) is 2.79. The van der Waals surface area contributed by atoms with Crippen molar-refractivity contribution in [3.63, 3.8) is 0 Å². The lowest BCUT2D eigenvalue weighted by atomic mass is 10.2. The Kier molecular flexibility index (Phi) is 4.25. The molecule has 0 saturated heterocycles. The van der Waals surface area contributed by atoms with Crippen LogP contribution in [0.15, 0.2) is 24.4 Å². The molecule has 2 heterocycles. The van der Waals surface area contributed by atoms with Gasteiger partial charge in [0.25, 0.3) is 0 Å². The Morgan fingerprint density at radius 2 is 2.05 bits per heavy atom. The Bertz CT molecular complexity index is 532. The van der Waals surface area contributed by atoms with Crippen LogP contribution in [-0.4, -0.2) is 15.0 Å². The summed E-state index contributed by atoms with van der Waals surface area (Å²) in [7, 11) is 0. The molecule has 0 aliphatic carbocycles. The maximum absolute atomic E-state index is 5.39. The maximum atomic E-state index is 5.39. The minimum absolute atomic E-state index is 0.604. The van der Waals surface area contributed by atoms with Gasteiger partial charge in [-0.15, -0.1) is 0 Å². The number of nitrogens with one attached hydrogen (secondary N) is 2. The van der Waals surface area contributed by atoms with E-state index in [1.165, 1.54) is 0 Å². The molecule has 19 heavy (non-hydrogen) atoms. The van der Waals surface area contributed by atoms with Crippen LogP contribution < -0.4 is 16.6 Å². The summed E-state index contributed by atoms with van der Waals surface area (Å²) in [4.78, 5) is 13.0. The standard InChI is InChI=1S/C13H18N6/c1-3-11-17-12(7-13(18-11)19-14)16-8-10-9(2)5-4-6-15-10/h4-7H,3,8,14H2,1-2H3,(H2,16,17,18,19). The largest absolute Gasteiger partial charge is 0.364 e. The molecular weight excluding hydrogens is 240 g/mol. The molecule has 0 bridgehead atoms. The van der Waals surface area contributed by atoms with Gasteiger partial charge in [-0.2, -0.15) is 0 Å². The van der Waals surface area contributed by atoms with E-state index in [4.69, 9.17) is 5.84 Å². The number of nitrogens with two attached hydrogens (primary N) is 1. The highest BCUT2D eigenvalue weighted by Gasteiger charge is 2.04. The molecule has 0 unspecified atom stereocenters. The van der Waals surface area contributed by atoms with Gasteiger partial charge in [-0.05, 0) is 18.6 Å². The molecule has 0 aliphatic heterocycles. The predicted octanol–water partition coefficient (Wildman–Crippen LogP) is 1.64. The summed E-state index contributed by atoms with van der Waals surface area (Å²) in [6, 6.07) is 5.74. The molecule has 0 aromatic carbocycles. The number of hydrogen-bond acceptors (Lipinski definition) is 6. The summed E-state index contributed by atoms with van der Waals surface area (Å²) < 4.78 is 0. The van der Waals surface area contributed by atoms with Crippen LogP contribution in [0.1, 0.15) is 24.0 Å². The molecule has 0 amide bonds. The number of aromatic nitrogens is 3. The van der Waals surface area contributed by atoms with Gasteiger partial charge >= 0.3 is 0 Å². The van der Waals surface area contributed by atoms with E-state index in [9.17, 15) is 0 Å². The van der Waals surface area contributed by atoms with E-state index in [-0.39, 0.29) is 0 Å². The molecule has 6 heteroatoms. The summed E-state index contributed by atoms with van der Waals surface area (Å²) in [6.45, 7) is 4.66. The first-order chi connectivity index (χ1) is 9.22. The molecule has 2 aromatic heterocycles. The molecule has 2 rings (SSSR count). The van der Waals surface area contributed by atoms with Crippen LogP contribution >= 0.6 is 0 Å². The molecule has 0 fully saturated rings. The minimum Gasteiger partial charge on any atom is -0.364 e. The van der Waals surface area contributed by atoms with E-state index < -0.39 is 0 Å². The molecule has 0 spiro atoms. The Balaban J connectivity index is 2.13. The van der Waals surface area contributed by atoms with Crippen molar-refractivity contribution >= 4 is 11.6 Å². The normalized spacial score (nSPS) is 10.3. The number of anilines is 2. The van der Waals surface area contributed by atoms with Crippen LogP contribution in [-0.2, 0) is 13.0 Å². The molecule has 2 aromatic rings. The molecule has 0 atom stereocenters. The average Bonchev–Trinajstić information content (AvgIpc) is 2.46. The Morgan fingerprint density at radius 1 is 1.26 bits per heavy atom. The Morgan fingerprint density at radius 3 is 2.74 bits per heavy atom. The molecule has 4 N–H and O–H groups in total. The third kappa shape index (κ3) is 3.38. The van der Waals surface area contributed by atoms with Crippen LogP contribution in [0, 0.1) is 6.92 Å². The quantitative estimate of drug-likeness (QED) is 0.558. The van der Waals surface area contributed by atoms with Crippen molar-refractivity contribution in [2.24, 2.45) is 5.84 Å². The summed E-state index contributed by atoms with van der Waals surface area (Å²) in [6.07, 6.45) is 2.54. The first-order valence-electron chi connectivity index (χ1n) is 6.22. The highest BCUT2D eigenvalue weighted by Crippen LogP contribution is 2.12. The second-order valence-corrected chi connectivity index (χ2v) is 4.17. The van der Waals surface area contributed by atoms with E-state index in [1.54, 1.807) is 12.3 Å². The SMILES string of the molecule is CCc1nc(NN)cc(NCc2ncccc2C)n1. The van der Waals surface area contributed by atoms with E-state index in [1.807, 2.05) is 26.0 Å². The minimum atomic E-state index is 0.604. The van der Waals surface area contributed by atoms with Crippen molar-refractivity contribution in [2.45, 2.75) is 26.8 Å². The summed E-state index contributed by atoms with van der Waals surface area (Å²) in [5.74, 6) is 7.48. The molecule has 6 nitrogen and oxygen atoms in total. The first-order valence-corrected chi connectivity index (χ1v) is 6.22. The number of hydrazine groups is 1. The first kappa shape index (κ1) is 13.2. The fourth-order valence-electron chi connectivity index (χ4n) is 1.70. The lowest BCUT2D eigenvalue weighted by Crippen LogP contribution is -2.12. The van der Waals surface area contributed by atoms with Gasteiger partial charge in [0.15, 0.2) is 0 Å². The number of hydrogen-bond donors (Lipinski definition) is 3. The molecule has 0 saturated carbocycles. The zero-order chi connectivity index (χ0) is 13.7. The molecule has 100 valence electrons. The van der Waals surface area contributed by atoms with E-state index in [2.05, 4.69) is 25.7 Å². The van der Waals surface area contributed by atoms with Gasteiger partial charge in [0.05, 0.1) is 12.2 Å². The highest BCUT2D eigenvalue weighted by molar-refractivity contribution is 5.47. The van der Waals surface area contributed by atoms with Crippen LogP contribution in [0.5, 0.6) is 0 Å². The smallest absolute Gasteiger partial charge is 0.145 e. The van der Waals surface area contributed by atoms with Gasteiger partial charge in [0.1, 0.15) is 17.5 Å². The van der Waals surface area contributed by atoms with Crippen molar-refractivity contribution < 1.29 is 0 Å². The Labute approximate surface area is 112 Å². The number of nitrogens with zero attached hydrogens (tertiary/aromatic N) is 3. The van der Waals surface area contributed by atoms with Crippen molar-refractivity contribution in [1.82, 2.24) is 15.0 Å². The fourth-order valence-corrected chi connectivity index (χ4v) is 1.70. The summed E-state index contributed by atoms with van der Waals surface area (Å²) >= 11 is 0. The summed E-state index contributed by atoms with van der Waals surface area (Å²) in [5, 5.41) is 3.24. The summed E-state index contributed by atoms with van der Waals surface area (Å²) in [5.41, 5.74) is 4.70. The molecule has 0 aliphatic rings. The average molecular weight is 258 g/mol. The monoisotopic (exact) mass is 258 g/mol. The van der Waals surface area contributed by atoms with Crippen molar-refractivity contribution in [1.29, 1.82) is 0 Å². The van der Waals surface area contributed by atoms with Crippen molar-refractivity contribution in [2.75, 3.05) is 10.7 Å². The number of pyridine rings is 1.